The number of amides is 2. The highest BCUT2D eigenvalue weighted by molar-refractivity contribution is 6.31. The lowest BCUT2D eigenvalue weighted by Gasteiger charge is -2.35. The number of carbonyl (C=O) groups is 2. The second kappa shape index (κ2) is 8.60. The first-order valence-electron chi connectivity index (χ1n) is 9.79. The van der Waals surface area contributed by atoms with Gasteiger partial charge in [-0.1, -0.05) is 35.9 Å². The van der Waals surface area contributed by atoms with Crippen molar-refractivity contribution in [3.8, 4) is 0 Å². The lowest BCUT2D eigenvalue weighted by atomic mass is 9.93. The van der Waals surface area contributed by atoms with Crippen LogP contribution in [-0.2, 0) is 10.5 Å². The Labute approximate surface area is 203 Å². The number of anilines is 2. The molecule has 0 radical (unpaired) electrons. The summed E-state index contributed by atoms with van der Waals surface area (Å²) < 4.78 is 19.4. The molecular weight excluding hydrogens is 486 g/mol. The van der Waals surface area contributed by atoms with E-state index in [4.69, 9.17) is 11.6 Å². The smallest absolute Gasteiger partial charge is 0.413 e. The molecule has 3 N–H and O–H groups in total. The van der Waals surface area contributed by atoms with Gasteiger partial charge in [-0.25, -0.2) is 14.2 Å². The Bertz CT molecular complexity index is 1440. The van der Waals surface area contributed by atoms with Crippen LogP contribution in [-0.4, -0.2) is 34.2 Å². The zero-order valence-corrected chi connectivity index (χ0v) is 19.1. The molecule has 0 aliphatic carbocycles. The molecule has 2 amide bonds. The van der Waals surface area contributed by atoms with Gasteiger partial charge in [-0.2, -0.15) is 0 Å². The summed E-state index contributed by atoms with van der Waals surface area (Å²) in [5.74, 6) is -1.15. The molecule has 34 heavy (non-hydrogen) atoms. The van der Waals surface area contributed by atoms with Gasteiger partial charge in [-0.15, -0.1) is 12.4 Å². The average Bonchev–Trinajstić information content (AvgIpc) is 3.31. The molecule has 1 aromatic heterocycles. The van der Waals surface area contributed by atoms with E-state index in [0.717, 1.165) is 11.0 Å². The van der Waals surface area contributed by atoms with E-state index in [9.17, 15) is 19.1 Å². The summed E-state index contributed by atoms with van der Waals surface area (Å²) in [5.41, 5.74) is -0.431. The van der Waals surface area contributed by atoms with Gasteiger partial charge in [0.1, 0.15) is 5.82 Å². The molecule has 8 nitrogen and oxygen atoms in total. The molecule has 0 saturated carbocycles. The summed E-state index contributed by atoms with van der Waals surface area (Å²) in [4.78, 5) is 33.0. The fourth-order valence-electron chi connectivity index (χ4n) is 4.02. The van der Waals surface area contributed by atoms with Crippen molar-refractivity contribution in [2.45, 2.75) is 5.72 Å². The number of hydrogen-bond acceptors (Lipinski definition) is 5. The normalized spacial score (nSPS) is 16.8. The van der Waals surface area contributed by atoms with Crippen molar-refractivity contribution in [1.82, 2.24) is 9.97 Å². The SMILES string of the molecule is COC(=O)Nc1nc2ccc(C3(O)c4ccccc4C(=O)N3c3cc(Cl)ccc3F)cc2[nH]1.Cl. The Morgan fingerprint density at radius 2 is 1.97 bits per heavy atom. The summed E-state index contributed by atoms with van der Waals surface area (Å²) in [6.07, 6.45) is -0.703. The molecule has 0 saturated heterocycles. The van der Waals surface area contributed by atoms with Crippen molar-refractivity contribution < 1.29 is 23.8 Å². The largest absolute Gasteiger partial charge is 0.453 e. The maximum atomic E-state index is 14.9. The van der Waals surface area contributed by atoms with Gasteiger partial charge in [0, 0.05) is 21.7 Å². The van der Waals surface area contributed by atoms with Crippen LogP contribution < -0.4 is 10.2 Å². The second-order valence-electron chi connectivity index (χ2n) is 7.39. The summed E-state index contributed by atoms with van der Waals surface area (Å²) in [7, 11) is 1.23. The van der Waals surface area contributed by atoms with Crippen LogP contribution in [0, 0.1) is 5.82 Å². The summed E-state index contributed by atoms with van der Waals surface area (Å²) in [5, 5.41) is 14.7. The zero-order valence-electron chi connectivity index (χ0n) is 17.5. The number of carbonyl (C=O) groups excluding carboxylic acids is 2. The maximum absolute atomic E-state index is 14.9. The van der Waals surface area contributed by atoms with Crippen molar-refractivity contribution in [3.63, 3.8) is 0 Å². The number of aromatic nitrogens is 2. The highest BCUT2D eigenvalue weighted by Gasteiger charge is 2.51. The quantitative estimate of drug-likeness (QED) is 0.372. The molecule has 174 valence electrons. The summed E-state index contributed by atoms with van der Waals surface area (Å²) in [6, 6.07) is 15.1. The molecule has 4 aromatic rings. The second-order valence-corrected chi connectivity index (χ2v) is 7.82. The monoisotopic (exact) mass is 502 g/mol. The summed E-state index contributed by atoms with van der Waals surface area (Å²) in [6.45, 7) is 0. The van der Waals surface area contributed by atoms with E-state index in [1.165, 1.54) is 19.2 Å². The van der Waals surface area contributed by atoms with E-state index >= 15 is 0 Å². The van der Waals surface area contributed by atoms with Crippen molar-refractivity contribution in [3.05, 3.63) is 88.2 Å². The van der Waals surface area contributed by atoms with Gasteiger partial charge in [-0.3, -0.25) is 15.0 Å². The van der Waals surface area contributed by atoms with Crippen LogP contribution in [0.1, 0.15) is 21.5 Å². The number of ether oxygens (including phenoxy) is 1. The van der Waals surface area contributed by atoms with Crippen molar-refractivity contribution in [2.75, 3.05) is 17.3 Å². The van der Waals surface area contributed by atoms with Crippen LogP contribution in [0.3, 0.4) is 0 Å². The number of hydrogen-bond donors (Lipinski definition) is 3. The zero-order chi connectivity index (χ0) is 23.3. The Kier molecular flexibility index (Phi) is 5.94. The van der Waals surface area contributed by atoms with Crippen LogP contribution in [0.25, 0.3) is 11.0 Å². The van der Waals surface area contributed by atoms with Crippen LogP contribution in [0.15, 0.2) is 60.7 Å². The standard InChI is InChI=1S/C23H16ClFN4O4.ClH/c1-33-22(31)28-21-26-17-9-6-12(10-18(17)27-21)23(32)15-5-3-2-4-14(15)20(30)29(23)19-11-13(24)7-8-16(19)25;/h2-11,32H,1H3,(H2,26,27,28,31);1H. The minimum atomic E-state index is -2.03. The third kappa shape index (κ3) is 3.54. The minimum absolute atomic E-state index is 0. The van der Waals surface area contributed by atoms with E-state index < -0.39 is 23.5 Å². The number of nitrogens with zero attached hydrogens (tertiary/aromatic N) is 2. The van der Waals surface area contributed by atoms with E-state index in [1.807, 2.05) is 0 Å². The number of fused-ring (bicyclic) bond motifs is 2. The van der Waals surface area contributed by atoms with Crippen LogP contribution in [0.2, 0.25) is 5.02 Å². The van der Waals surface area contributed by atoms with Crippen LogP contribution in [0.5, 0.6) is 0 Å². The maximum Gasteiger partial charge on any atom is 0.413 e. The number of aliphatic hydroxyl groups is 1. The fourth-order valence-corrected chi connectivity index (χ4v) is 4.19. The van der Waals surface area contributed by atoms with Crippen molar-refractivity contribution >= 4 is 58.7 Å². The van der Waals surface area contributed by atoms with Crippen molar-refractivity contribution in [2.24, 2.45) is 0 Å². The molecule has 1 atom stereocenters. The van der Waals surface area contributed by atoms with Crippen LogP contribution in [0.4, 0.5) is 20.8 Å². The van der Waals surface area contributed by atoms with Gasteiger partial charge in [0.2, 0.25) is 5.95 Å². The Balaban J connectivity index is 0.00000274. The molecule has 1 aliphatic rings. The number of rotatable bonds is 3. The molecule has 2 heterocycles. The first-order chi connectivity index (χ1) is 15.8. The third-order valence-corrected chi connectivity index (χ3v) is 5.73. The van der Waals surface area contributed by atoms with E-state index in [0.29, 0.717) is 16.6 Å². The molecule has 0 bridgehead atoms. The number of methoxy groups -OCH3 is 1. The van der Waals surface area contributed by atoms with Gasteiger partial charge >= 0.3 is 6.09 Å². The first kappa shape index (κ1) is 23.5. The van der Waals surface area contributed by atoms with Gasteiger partial charge in [0.25, 0.3) is 5.91 Å². The van der Waals surface area contributed by atoms with E-state index in [-0.39, 0.29) is 40.2 Å². The number of aromatic amines is 1. The number of imidazole rings is 1. The molecule has 5 rings (SSSR count). The lowest BCUT2D eigenvalue weighted by molar-refractivity contribution is 0.0699. The van der Waals surface area contributed by atoms with Gasteiger partial charge in [0.15, 0.2) is 5.72 Å². The third-order valence-electron chi connectivity index (χ3n) is 5.50. The number of halogens is 3. The average molecular weight is 503 g/mol. The number of H-pyrrole nitrogens is 1. The highest BCUT2D eigenvalue weighted by Crippen LogP contribution is 2.46. The molecule has 1 aliphatic heterocycles. The molecular formula is C23H17Cl2FN4O4. The lowest BCUT2D eigenvalue weighted by Crippen LogP contribution is -2.45. The first-order valence-corrected chi connectivity index (χ1v) is 10.2. The molecule has 0 spiro atoms. The minimum Gasteiger partial charge on any atom is -0.453 e. The number of nitrogens with one attached hydrogen (secondary N) is 2. The molecule has 1 unspecified atom stereocenters. The van der Waals surface area contributed by atoms with E-state index in [1.54, 1.807) is 42.5 Å². The van der Waals surface area contributed by atoms with E-state index in [2.05, 4.69) is 20.0 Å². The Morgan fingerprint density at radius 1 is 1.21 bits per heavy atom. The fraction of sp³-hybridized carbons (Fsp3) is 0.0870. The van der Waals surface area contributed by atoms with Gasteiger partial charge in [-0.05, 0) is 36.4 Å². The van der Waals surface area contributed by atoms with Gasteiger partial charge in [0.05, 0.1) is 23.8 Å². The Hall–Kier alpha value is -3.66. The van der Waals surface area contributed by atoms with Crippen LogP contribution >= 0.6 is 24.0 Å². The predicted octanol–water partition coefficient (Wildman–Crippen LogP) is 4.81. The molecule has 11 heteroatoms. The topological polar surface area (TPSA) is 108 Å². The molecule has 0 fully saturated rings. The predicted molar refractivity (Wildman–Crippen MR) is 127 cm³/mol. The Morgan fingerprint density at radius 3 is 2.74 bits per heavy atom. The summed E-state index contributed by atoms with van der Waals surface area (Å²) >= 11 is 6.08. The van der Waals surface area contributed by atoms with Gasteiger partial charge < -0.3 is 14.8 Å². The number of benzene rings is 3. The highest BCUT2D eigenvalue weighted by atomic mass is 35.5. The molecule has 3 aromatic carbocycles. The van der Waals surface area contributed by atoms with Crippen molar-refractivity contribution in [1.29, 1.82) is 0 Å².